The van der Waals surface area contributed by atoms with Crippen molar-refractivity contribution >= 4 is 10.2 Å². The predicted octanol–water partition coefficient (Wildman–Crippen LogP) is 1.93. The highest BCUT2D eigenvalue weighted by Gasteiger charge is 2.39. The zero-order valence-electron chi connectivity index (χ0n) is 14.9. The second kappa shape index (κ2) is 7.15. The van der Waals surface area contributed by atoms with E-state index in [1.54, 1.807) is 18.4 Å². The number of fused-ring (bicyclic) bond motifs is 4. The van der Waals surface area contributed by atoms with Crippen molar-refractivity contribution in [3.63, 3.8) is 0 Å². The lowest BCUT2D eigenvalue weighted by Crippen LogP contribution is -2.45. The van der Waals surface area contributed by atoms with E-state index in [1.165, 1.54) is 4.31 Å². The zero-order chi connectivity index (χ0) is 17.3. The first-order valence-electron chi connectivity index (χ1n) is 8.89. The molecule has 136 valence electrons. The molecule has 0 N–H and O–H groups in total. The molecule has 3 aliphatic rings. The van der Waals surface area contributed by atoms with Crippen molar-refractivity contribution < 1.29 is 12.8 Å². The van der Waals surface area contributed by atoms with Crippen LogP contribution in [0, 0.1) is 5.92 Å². The largest absolute Gasteiger partial charge is 0.465 e. The summed E-state index contributed by atoms with van der Waals surface area (Å²) in [6, 6.07) is 4.41. The number of hydrogen-bond donors (Lipinski definition) is 0. The zero-order valence-corrected chi connectivity index (χ0v) is 15.8. The molecular weight excluding hydrogens is 326 g/mol. The molecule has 1 aromatic rings. The van der Waals surface area contributed by atoms with Crippen molar-refractivity contribution in [3.05, 3.63) is 23.7 Å². The summed E-state index contributed by atoms with van der Waals surface area (Å²) < 4.78 is 33.9. The van der Waals surface area contributed by atoms with Crippen molar-refractivity contribution in [3.8, 4) is 0 Å². The number of furan rings is 1. The van der Waals surface area contributed by atoms with Gasteiger partial charge in [-0.15, -0.1) is 0 Å². The monoisotopic (exact) mass is 355 g/mol. The van der Waals surface area contributed by atoms with Crippen molar-refractivity contribution in [2.75, 3.05) is 33.7 Å². The minimum Gasteiger partial charge on any atom is -0.465 e. The van der Waals surface area contributed by atoms with E-state index in [-0.39, 0.29) is 6.04 Å². The lowest BCUT2D eigenvalue weighted by Gasteiger charge is -2.35. The van der Waals surface area contributed by atoms with Crippen molar-refractivity contribution in [2.24, 2.45) is 5.92 Å². The van der Waals surface area contributed by atoms with Crippen LogP contribution < -0.4 is 0 Å². The Bertz CT molecular complexity index is 656. The van der Waals surface area contributed by atoms with E-state index in [0.29, 0.717) is 19.0 Å². The number of hydrogen-bond acceptors (Lipinski definition) is 4. The van der Waals surface area contributed by atoms with Gasteiger partial charge in [0.1, 0.15) is 11.5 Å². The fourth-order valence-electron chi connectivity index (χ4n) is 3.84. The van der Waals surface area contributed by atoms with Crippen LogP contribution in [0.1, 0.15) is 37.7 Å². The Morgan fingerprint density at radius 1 is 1.17 bits per heavy atom. The highest BCUT2D eigenvalue weighted by atomic mass is 32.2. The number of aryl methyl sites for hydroxylation is 1. The molecule has 0 aliphatic carbocycles. The van der Waals surface area contributed by atoms with Gasteiger partial charge in [0.2, 0.25) is 0 Å². The average molecular weight is 356 g/mol. The van der Waals surface area contributed by atoms with E-state index >= 15 is 0 Å². The summed E-state index contributed by atoms with van der Waals surface area (Å²) in [6.07, 6.45) is 4.23. The fourth-order valence-corrected chi connectivity index (χ4v) is 5.06. The van der Waals surface area contributed by atoms with Gasteiger partial charge in [-0.2, -0.15) is 17.0 Å². The van der Waals surface area contributed by atoms with Crippen LogP contribution in [0.15, 0.2) is 16.5 Å². The van der Waals surface area contributed by atoms with Crippen molar-refractivity contribution in [1.29, 1.82) is 0 Å². The molecule has 3 fully saturated rings. The van der Waals surface area contributed by atoms with Gasteiger partial charge < -0.3 is 4.42 Å². The van der Waals surface area contributed by atoms with Crippen LogP contribution in [-0.4, -0.2) is 61.7 Å². The summed E-state index contributed by atoms with van der Waals surface area (Å²) >= 11 is 0. The second-order valence-corrected chi connectivity index (χ2v) is 9.39. The molecule has 3 aliphatic heterocycles. The van der Waals surface area contributed by atoms with Crippen LogP contribution in [0.5, 0.6) is 0 Å². The van der Waals surface area contributed by atoms with Crippen molar-refractivity contribution in [1.82, 2.24) is 13.5 Å². The molecule has 0 amide bonds. The number of rotatable bonds is 6. The molecule has 2 atom stereocenters. The molecule has 7 heteroatoms. The lowest BCUT2D eigenvalue weighted by molar-refractivity contribution is 0.116. The van der Waals surface area contributed by atoms with E-state index in [4.69, 9.17) is 4.42 Å². The quantitative estimate of drug-likeness (QED) is 0.782. The Hall–Kier alpha value is -0.890. The standard InChI is InChI=1S/C17H29N3O3S/c1-4-5-16-8-9-17(23-16)13-19-10-14-6-7-15(19)12-20(11-14)24(21,22)18(2)3/h8-9,14-15H,4-7,10-13H2,1-3H3/t14-,15-/m1/s1. The summed E-state index contributed by atoms with van der Waals surface area (Å²) in [7, 11) is -0.114. The fraction of sp³-hybridized carbons (Fsp3) is 0.765. The third kappa shape index (κ3) is 3.69. The van der Waals surface area contributed by atoms with Gasteiger partial charge in [-0.05, 0) is 37.3 Å². The molecule has 2 bridgehead atoms. The van der Waals surface area contributed by atoms with Gasteiger partial charge in [0.25, 0.3) is 10.2 Å². The minimum absolute atomic E-state index is 0.276. The topological polar surface area (TPSA) is 57.0 Å². The maximum atomic E-state index is 12.5. The van der Waals surface area contributed by atoms with Gasteiger partial charge in [0.05, 0.1) is 6.54 Å². The highest BCUT2D eigenvalue weighted by molar-refractivity contribution is 7.86. The lowest BCUT2D eigenvalue weighted by atomic mass is 9.95. The Balaban J connectivity index is 1.71. The van der Waals surface area contributed by atoms with Crippen LogP contribution in [-0.2, 0) is 23.2 Å². The van der Waals surface area contributed by atoms with E-state index in [0.717, 1.165) is 50.3 Å². The molecule has 0 saturated carbocycles. The molecule has 0 spiro atoms. The normalized spacial score (nSPS) is 26.2. The van der Waals surface area contributed by atoms with Crippen LogP contribution >= 0.6 is 0 Å². The molecule has 6 nitrogen and oxygen atoms in total. The smallest absolute Gasteiger partial charge is 0.281 e. The molecular formula is C17H29N3O3S. The first-order chi connectivity index (χ1) is 11.4. The van der Waals surface area contributed by atoms with Gasteiger partial charge in [0, 0.05) is 46.2 Å². The van der Waals surface area contributed by atoms with Gasteiger partial charge in [-0.3, -0.25) is 4.90 Å². The van der Waals surface area contributed by atoms with E-state index in [9.17, 15) is 8.42 Å². The Kier molecular flexibility index (Phi) is 5.34. The minimum atomic E-state index is -3.33. The molecule has 4 heterocycles. The number of piperidine rings is 1. The van der Waals surface area contributed by atoms with Crippen LogP contribution in [0.2, 0.25) is 0 Å². The Morgan fingerprint density at radius 3 is 2.62 bits per heavy atom. The van der Waals surface area contributed by atoms with E-state index < -0.39 is 10.2 Å². The molecule has 4 rings (SSSR count). The predicted molar refractivity (Wildman–Crippen MR) is 93.8 cm³/mol. The molecule has 3 saturated heterocycles. The van der Waals surface area contributed by atoms with E-state index in [2.05, 4.69) is 24.0 Å². The van der Waals surface area contributed by atoms with E-state index in [1.807, 2.05) is 0 Å². The second-order valence-electron chi connectivity index (χ2n) is 7.25. The maximum Gasteiger partial charge on any atom is 0.281 e. The van der Waals surface area contributed by atoms with Crippen molar-refractivity contribution in [2.45, 2.75) is 45.2 Å². The first-order valence-corrected chi connectivity index (χ1v) is 10.3. The average Bonchev–Trinajstić information content (AvgIpc) is 2.77. The summed E-state index contributed by atoms with van der Waals surface area (Å²) in [6.45, 7) is 5.09. The summed E-state index contributed by atoms with van der Waals surface area (Å²) in [5.74, 6) is 2.45. The molecule has 0 aromatic carbocycles. The summed E-state index contributed by atoms with van der Waals surface area (Å²) in [5.41, 5.74) is 0. The SMILES string of the molecule is CCCc1ccc(CN2C[C@H]3CC[C@@H]2CN(S(=O)(=O)N(C)C)C3)o1. The number of nitrogens with zero attached hydrogens (tertiary/aromatic N) is 3. The molecule has 1 aromatic heterocycles. The maximum absolute atomic E-state index is 12.5. The first kappa shape index (κ1) is 17.9. The third-order valence-electron chi connectivity index (χ3n) is 5.15. The molecule has 0 unspecified atom stereocenters. The Labute approximate surface area is 145 Å². The van der Waals surface area contributed by atoms with Gasteiger partial charge >= 0.3 is 0 Å². The van der Waals surface area contributed by atoms with Gasteiger partial charge in [-0.25, -0.2) is 0 Å². The summed E-state index contributed by atoms with van der Waals surface area (Å²) in [4.78, 5) is 2.41. The van der Waals surface area contributed by atoms with Crippen LogP contribution in [0.3, 0.4) is 0 Å². The molecule has 0 radical (unpaired) electrons. The van der Waals surface area contributed by atoms with Crippen LogP contribution in [0.4, 0.5) is 0 Å². The van der Waals surface area contributed by atoms with Crippen LogP contribution in [0.25, 0.3) is 0 Å². The summed E-state index contributed by atoms with van der Waals surface area (Å²) in [5, 5.41) is 0. The highest BCUT2D eigenvalue weighted by Crippen LogP contribution is 2.31. The van der Waals surface area contributed by atoms with Gasteiger partial charge in [-0.1, -0.05) is 6.92 Å². The molecule has 24 heavy (non-hydrogen) atoms. The Morgan fingerprint density at radius 2 is 1.92 bits per heavy atom. The third-order valence-corrected chi connectivity index (χ3v) is 7.03. The van der Waals surface area contributed by atoms with Gasteiger partial charge in [0.15, 0.2) is 0 Å².